The number of nitrogens with one attached hydrogen (secondary N) is 2. The van der Waals surface area contributed by atoms with Crippen molar-refractivity contribution in [3.63, 3.8) is 0 Å². The number of hydrogen-bond acceptors (Lipinski definition) is 5. The third-order valence-electron chi connectivity index (χ3n) is 4.84. The summed E-state index contributed by atoms with van der Waals surface area (Å²) in [6, 6.07) is 15.4. The van der Waals surface area contributed by atoms with E-state index in [0.29, 0.717) is 16.4 Å². The van der Waals surface area contributed by atoms with Crippen LogP contribution in [0.25, 0.3) is 5.69 Å². The van der Waals surface area contributed by atoms with Gasteiger partial charge in [0.15, 0.2) is 0 Å². The highest BCUT2D eigenvalue weighted by molar-refractivity contribution is 6.33. The van der Waals surface area contributed by atoms with E-state index in [4.69, 9.17) is 11.6 Å². The molecule has 0 saturated carbocycles. The Hall–Kier alpha value is -3.98. The zero-order valence-corrected chi connectivity index (χ0v) is 18.7. The van der Waals surface area contributed by atoms with Gasteiger partial charge in [-0.2, -0.15) is 5.10 Å². The molecule has 3 aromatic rings. The van der Waals surface area contributed by atoms with Crippen LogP contribution < -0.4 is 10.7 Å². The fraction of sp³-hybridized carbons (Fsp3) is 0.174. The minimum Gasteiger partial charge on any atom is -0.340 e. The first-order valence-corrected chi connectivity index (χ1v) is 10.5. The van der Waals surface area contributed by atoms with E-state index in [0.717, 1.165) is 0 Å². The summed E-state index contributed by atoms with van der Waals surface area (Å²) in [4.78, 5) is 35.6. The first kappa shape index (κ1) is 23.7. The van der Waals surface area contributed by atoms with Crippen molar-refractivity contribution in [2.75, 3.05) is 0 Å². The van der Waals surface area contributed by atoms with E-state index in [-0.39, 0.29) is 17.2 Å². The molecular weight excluding hydrogens is 446 g/mol. The van der Waals surface area contributed by atoms with Crippen LogP contribution in [0.1, 0.15) is 29.9 Å². The van der Waals surface area contributed by atoms with E-state index in [2.05, 4.69) is 15.8 Å². The Morgan fingerprint density at radius 1 is 1.09 bits per heavy atom. The number of carbonyl (C=O) groups excluding carboxylic acids is 2. The second kappa shape index (κ2) is 10.6. The van der Waals surface area contributed by atoms with Gasteiger partial charge in [-0.25, -0.2) is 5.43 Å². The average Bonchev–Trinajstić information content (AvgIpc) is 3.25. The van der Waals surface area contributed by atoms with Crippen molar-refractivity contribution >= 4 is 35.3 Å². The summed E-state index contributed by atoms with van der Waals surface area (Å²) >= 11 is 6.07. The third kappa shape index (κ3) is 5.83. The van der Waals surface area contributed by atoms with Gasteiger partial charge >= 0.3 is 0 Å². The first-order chi connectivity index (χ1) is 15.8. The SMILES string of the molecule is CC(C)C(NC(=O)c1ccccc1Cl)C(=O)NN=Cc1cccn1-c1ccc([N+](=O)[O-])cc1. The van der Waals surface area contributed by atoms with Crippen LogP contribution in [0.5, 0.6) is 0 Å². The number of hydrogen-bond donors (Lipinski definition) is 2. The number of non-ortho nitro benzene ring substituents is 1. The lowest BCUT2D eigenvalue weighted by Gasteiger charge is -2.20. The maximum atomic E-state index is 12.7. The largest absolute Gasteiger partial charge is 0.340 e. The summed E-state index contributed by atoms with van der Waals surface area (Å²) in [6.07, 6.45) is 3.22. The van der Waals surface area contributed by atoms with Crippen molar-refractivity contribution in [1.29, 1.82) is 0 Å². The molecule has 3 rings (SSSR count). The molecule has 1 aromatic heterocycles. The fourth-order valence-corrected chi connectivity index (χ4v) is 3.32. The molecule has 0 spiro atoms. The molecule has 1 atom stereocenters. The van der Waals surface area contributed by atoms with Crippen LogP contribution in [0.15, 0.2) is 72.0 Å². The maximum absolute atomic E-state index is 12.7. The van der Waals surface area contributed by atoms with Crippen LogP contribution in [0.2, 0.25) is 5.02 Å². The zero-order chi connectivity index (χ0) is 24.0. The van der Waals surface area contributed by atoms with Gasteiger partial charge < -0.3 is 9.88 Å². The molecule has 0 aliphatic rings. The predicted octanol–water partition coefficient (Wildman–Crippen LogP) is 3.94. The van der Waals surface area contributed by atoms with Crippen molar-refractivity contribution in [2.24, 2.45) is 11.0 Å². The van der Waals surface area contributed by atoms with Crippen molar-refractivity contribution in [3.8, 4) is 5.69 Å². The number of nitrogens with zero attached hydrogens (tertiary/aromatic N) is 3. The normalized spacial score (nSPS) is 12.0. The van der Waals surface area contributed by atoms with E-state index >= 15 is 0 Å². The van der Waals surface area contributed by atoms with Gasteiger partial charge in [-0.1, -0.05) is 37.6 Å². The van der Waals surface area contributed by atoms with Gasteiger partial charge in [0.05, 0.1) is 27.4 Å². The summed E-state index contributed by atoms with van der Waals surface area (Å²) in [5.41, 5.74) is 4.07. The van der Waals surface area contributed by atoms with Crippen molar-refractivity contribution < 1.29 is 14.5 Å². The molecule has 1 heterocycles. The maximum Gasteiger partial charge on any atom is 0.269 e. The van der Waals surface area contributed by atoms with Crippen molar-refractivity contribution in [1.82, 2.24) is 15.3 Å². The second-order valence-electron chi connectivity index (χ2n) is 7.49. The van der Waals surface area contributed by atoms with E-state index in [9.17, 15) is 19.7 Å². The van der Waals surface area contributed by atoms with Gasteiger partial charge in [-0.05, 0) is 42.3 Å². The van der Waals surface area contributed by atoms with Crippen LogP contribution in [-0.4, -0.2) is 33.6 Å². The molecule has 33 heavy (non-hydrogen) atoms. The molecule has 10 heteroatoms. The highest BCUT2D eigenvalue weighted by Crippen LogP contribution is 2.17. The third-order valence-corrected chi connectivity index (χ3v) is 5.17. The second-order valence-corrected chi connectivity index (χ2v) is 7.89. The quantitative estimate of drug-likeness (QED) is 0.296. The predicted molar refractivity (Wildman–Crippen MR) is 126 cm³/mol. The molecule has 0 radical (unpaired) electrons. The molecular formula is C23H22ClN5O4. The molecule has 2 aromatic carbocycles. The molecule has 0 fully saturated rings. The summed E-state index contributed by atoms with van der Waals surface area (Å²) in [6.45, 7) is 3.61. The zero-order valence-electron chi connectivity index (χ0n) is 17.9. The van der Waals surface area contributed by atoms with E-state index in [1.807, 2.05) is 0 Å². The summed E-state index contributed by atoms with van der Waals surface area (Å²) in [5, 5.41) is 17.9. The van der Waals surface area contributed by atoms with Crippen molar-refractivity contribution in [3.05, 3.63) is 93.3 Å². The fourth-order valence-electron chi connectivity index (χ4n) is 3.10. The molecule has 2 N–H and O–H groups in total. The van der Waals surface area contributed by atoms with Gasteiger partial charge in [0.1, 0.15) is 6.04 Å². The Morgan fingerprint density at radius 3 is 2.42 bits per heavy atom. The Kier molecular flexibility index (Phi) is 7.57. The molecule has 0 saturated heterocycles. The van der Waals surface area contributed by atoms with E-state index < -0.39 is 22.8 Å². The monoisotopic (exact) mass is 467 g/mol. The molecule has 2 amide bonds. The highest BCUT2D eigenvalue weighted by Gasteiger charge is 2.25. The number of benzene rings is 2. The van der Waals surface area contributed by atoms with Crippen LogP contribution in [0.3, 0.4) is 0 Å². The van der Waals surface area contributed by atoms with Gasteiger partial charge in [0.25, 0.3) is 17.5 Å². The lowest BCUT2D eigenvalue weighted by molar-refractivity contribution is -0.384. The Balaban J connectivity index is 1.68. The Morgan fingerprint density at radius 2 is 1.79 bits per heavy atom. The van der Waals surface area contributed by atoms with Crippen LogP contribution in [0, 0.1) is 16.0 Å². The summed E-state index contributed by atoms with van der Waals surface area (Å²) in [7, 11) is 0. The number of carbonyl (C=O) groups is 2. The van der Waals surface area contributed by atoms with Gasteiger partial charge in [0.2, 0.25) is 0 Å². The number of nitro benzene ring substituents is 1. The van der Waals surface area contributed by atoms with Gasteiger partial charge in [0, 0.05) is 24.0 Å². The first-order valence-electron chi connectivity index (χ1n) is 10.1. The number of rotatable bonds is 8. The topological polar surface area (TPSA) is 119 Å². The number of nitro groups is 1. The van der Waals surface area contributed by atoms with E-state index in [1.54, 1.807) is 73.1 Å². The van der Waals surface area contributed by atoms with Crippen molar-refractivity contribution in [2.45, 2.75) is 19.9 Å². The number of aromatic nitrogens is 1. The molecule has 0 aliphatic heterocycles. The molecule has 170 valence electrons. The molecule has 0 aliphatic carbocycles. The smallest absolute Gasteiger partial charge is 0.269 e. The molecule has 9 nitrogen and oxygen atoms in total. The minimum atomic E-state index is -0.826. The lowest BCUT2D eigenvalue weighted by Crippen LogP contribution is -2.48. The van der Waals surface area contributed by atoms with Crippen LogP contribution in [-0.2, 0) is 4.79 Å². The lowest BCUT2D eigenvalue weighted by atomic mass is 10.0. The van der Waals surface area contributed by atoms with Gasteiger partial charge in [-0.3, -0.25) is 19.7 Å². The number of amides is 2. The Labute approximate surface area is 195 Å². The highest BCUT2D eigenvalue weighted by atomic mass is 35.5. The van der Waals surface area contributed by atoms with Gasteiger partial charge in [-0.15, -0.1) is 0 Å². The van der Waals surface area contributed by atoms with Crippen LogP contribution >= 0.6 is 11.6 Å². The summed E-state index contributed by atoms with van der Waals surface area (Å²) < 4.78 is 1.76. The average molecular weight is 468 g/mol. The number of halogens is 1. The molecule has 1 unspecified atom stereocenters. The minimum absolute atomic E-state index is 0.00745. The number of hydrazone groups is 1. The Bertz CT molecular complexity index is 1190. The van der Waals surface area contributed by atoms with E-state index in [1.165, 1.54) is 18.3 Å². The standard InChI is InChI=1S/C23H22ClN5O4/c1-15(2)21(26-22(30)19-7-3-4-8-20(19)24)23(31)27-25-14-18-6-5-13-28(18)16-9-11-17(12-10-16)29(32)33/h3-15,21H,1-2H3,(H,26,30)(H,27,31). The summed E-state index contributed by atoms with van der Waals surface area (Å²) in [5.74, 6) is -1.13. The van der Waals surface area contributed by atoms with Crippen LogP contribution in [0.4, 0.5) is 5.69 Å². The molecule has 0 bridgehead atoms.